The van der Waals surface area contributed by atoms with Gasteiger partial charge in [0.05, 0.1) is 4.90 Å². The van der Waals surface area contributed by atoms with Crippen molar-refractivity contribution < 1.29 is 17.9 Å². The molecule has 1 aromatic carbocycles. The molecule has 0 aliphatic carbocycles. The van der Waals surface area contributed by atoms with Gasteiger partial charge in [0.2, 0.25) is 14.8 Å². The van der Waals surface area contributed by atoms with Gasteiger partial charge in [-0.15, -0.1) is 0 Å². The Morgan fingerprint density at radius 3 is 2.19 bits per heavy atom. The number of methoxy groups -OCH3 is 1. The topological polar surface area (TPSA) is 86.5 Å². The molecule has 0 bridgehead atoms. The standard InChI is InChI=1S/C10H13NO4S/c1-10(15-2,9(11)12)16(13,14)8-6-4-3-5-7-8/h3-7H,1-2H3,(H2,11,12). The highest BCUT2D eigenvalue weighted by Crippen LogP contribution is 2.25. The zero-order valence-electron chi connectivity index (χ0n) is 9.01. The summed E-state index contributed by atoms with van der Waals surface area (Å²) in [5, 5.41) is 0. The highest BCUT2D eigenvalue weighted by molar-refractivity contribution is 7.93. The van der Waals surface area contributed by atoms with Gasteiger partial charge in [-0.25, -0.2) is 8.42 Å². The van der Waals surface area contributed by atoms with Crippen molar-refractivity contribution in [1.82, 2.24) is 0 Å². The summed E-state index contributed by atoms with van der Waals surface area (Å²) in [6, 6.07) is 7.56. The van der Waals surface area contributed by atoms with Gasteiger partial charge >= 0.3 is 0 Å². The fourth-order valence-electron chi connectivity index (χ4n) is 1.17. The lowest BCUT2D eigenvalue weighted by atomic mass is 10.4. The van der Waals surface area contributed by atoms with Crippen LogP contribution in [-0.2, 0) is 19.4 Å². The molecule has 1 amide bonds. The van der Waals surface area contributed by atoms with E-state index in [1.165, 1.54) is 12.1 Å². The molecule has 88 valence electrons. The fraction of sp³-hybridized carbons (Fsp3) is 0.300. The first-order valence-electron chi connectivity index (χ1n) is 4.51. The van der Waals surface area contributed by atoms with Crippen LogP contribution in [0.2, 0.25) is 0 Å². The molecule has 0 heterocycles. The predicted octanol–water partition coefficient (Wildman–Crippen LogP) is 0.308. The van der Waals surface area contributed by atoms with E-state index in [0.717, 1.165) is 14.0 Å². The molecule has 0 fully saturated rings. The van der Waals surface area contributed by atoms with Gasteiger partial charge in [0.15, 0.2) is 0 Å². The first-order valence-corrected chi connectivity index (χ1v) is 5.99. The van der Waals surface area contributed by atoms with Gasteiger partial charge in [-0.05, 0) is 19.1 Å². The Hall–Kier alpha value is -1.40. The Morgan fingerprint density at radius 2 is 1.81 bits per heavy atom. The van der Waals surface area contributed by atoms with Gasteiger partial charge in [0.1, 0.15) is 0 Å². The predicted molar refractivity (Wildman–Crippen MR) is 58.2 cm³/mol. The molecular weight excluding hydrogens is 230 g/mol. The van der Waals surface area contributed by atoms with Crippen LogP contribution in [0.1, 0.15) is 6.92 Å². The minimum Gasteiger partial charge on any atom is -0.366 e. The van der Waals surface area contributed by atoms with Crippen molar-refractivity contribution in [3.8, 4) is 0 Å². The van der Waals surface area contributed by atoms with Crippen molar-refractivity contribution >= 4 is 15.7 Å². The first-order chi connectivity index (χ1) is 7.36. The van der Waals surface area contributed by atoms with Crippen LogP contribution in [0, 0.1) is 0 Å². The average Bonchev–Trinajstić information content (AvgIpc) is 2.28. The van der Waals surface area contributed by atoms with E-state index in [-0.39, 0.29) is 4.90 Å². The molecule has 0 radical (unpaired) electrons. The van der Waals surface area contributed by atoms with Crippen LogP contribution < -0.4 is 5.73 Å². The molecule has 0 aliphatic heterocycles. The second kappa shape index (κ2) is 4.23. The van der Waals surface area contributed by atoms with Crippen LogP contribution in [0.25, 0.3) is 0 Å². The van der Waals surface area contributed by atoms with Gasteiger partial charge in [-0.2, -0.15) is 0 Å². The van der Waals surface area contributed by atoms with Gasteiger partial charge in [-0.3, -0.25) is 4.79 Å². The molecule has 1 unspecified atom stereocenters. The quantitative estimate of drug-likeness (QED) is 0.824. The van der Waals surface area contributed by atoms with Gasteiger partial charge in [-0.1, -0.05) is 18.2 Å². The van der Waals surface area contributed by atoms with Crippen LogP contribution in [-0.4, -0.2) is 26.4 Å². The number of benzene rings is 1. The molecule has 2 N–H and O–H groups in total. The van der Waals surface area contributed by atoms with E-state index in [0.29, 0.717) is 0 Å². The summed E-state index contributed by atoms with van der Waals surface area (Å²) in [5.41, 5.74) is 5.06. The lowest BCUT2D eigenvalue weighted by Gasteiger charge is -2.24. The second-order valence-electron chi connectivity index (χ2n) is 3.33. The van der Waals surface area contributed by atoms with E-state index in [4.69, 9.17) is 10.5 Å². The summed E-state index contributed by atoms with van der Waals surface area (Å²) in [7, 11) is -2.82. The number of hydrogen-bond acceptors (Lipinski definition) is 4. The second-order valence-corrected chi connectivity index (χ2v) is 5.59. The molecule has 5 nitrogen and oxygen atoms in total. The molecule has 16 heavy (non-hydrogen) atoms. The van der Waals surface area contributed by atoms with Crippen molar-refractivity contribution in [2.24, 2.45) is 5.73 Å². The number of primary amides is 1. The summed E-state index contributed by atoms with van der Waals surface area (Å²) >= 11 is 0. The number of ether oxygens (including phenoxy) is 1. The molecule has 1 aromatic rings. The third-order valence-corrected chi connectivity index (χ3v) is 4.69. The number of amides is 1. The lowest BCUT2D eigenvalue weighted by Crippen LogP contribution is -2.49. The molecular formula is C10H13NO4S. The SMILES string of the molecule is COC(C)(C(N)=O)S(=O)(=O)c1ccccc1. The lowest BCUT2D eigenvalue weighted by molar-refractivity contribution is -0.129. The van der Waals surface area contributed by atoms with Crippen molar-refractivity contribution in [2.45, 2.75) is 16.8 Å². The zero-order valence-corrected chi connectivity index (χ0v) is 9.82. The molecule has 1 rings (SSSR count). The molecule has 1 atom stereocenters. The largest absolute Gasteiger partial charge is 0.366 e. The minimum atomic E-state index is -3.95. The van der Waals surface area contributed by atoms with Crippen molar-refractivity contribution in [3.05, 3.63) is 30.3 Å². The number of nitrogens with two attached hydrogens (primary N) is 1. The molecule has 0 aromatic heterocycles. The molecule has 6 heteroatoms. The fourth-order valence-corrected chi connectivity index (χ4v) is 2.62. The average molecular weight is 243 g/mol. The normalized spacial score (nSPS) is 15.4. The number of carbonyl (C=O) groups excluding carboxylic acids is 1. The minimum absolute atomic E-state index is 0.00171. The van der Waals surface area contributed by atoms with Gasteiger partial charge < -0.3 is 10.5 Å². The highest BCUT2D eigenvalue weighted by Gasteiger charge is 2.46. The Labute approximate surface area is 94.1 Å². The third-order valence-electron chi connectivity index (χ3n) is 2.40. The third kappa shape index (κ3) is 1.81. The highest BCUT2D eigenvalue weighted by atomic mass is 32.2. The van der Waals surface area contributed by atoms with Gasteiger partial charge in [0.25, 0.3) is 5.91 Å². The van der Waals surface area contributed by atoms with Crippen LogP contribution in [0.5, 0.6) is 0 Å². The van der Waals surface area contributed by atoms with E-state index in [1.54, 1.807) is 18.2 Å². The monoisotopic (exact) mass is 243 g/mol. The van der Waals surface area contributed by atoms with Crippen LogP contribution in [0.3, 0.4) is 0 Å². The summed E-state index contributed by atoms with van der Waals surface area (Å²) in [6.07, 6.45) is 0. The Balaban J connectivity index is 3.37. The maximum Gasteiger partial charge on any atom is 0.265 e. The van der Waals surface area contributed by atoms with Crippen molar-refractivity contribution in [3.63, 3.8) is 0 Å². The van der Waals surface area contributed by atoms with E-state index < -0.39 is 20.7 Å². The molecule has 0 saturated heterocycles. The maximum atomic E-state index is 12.1. The van der Waals surface area contributed by atoms with Gasteiger partial charge in [0, 0.05) is 7.11 Å². The van der Waals surface area contributed by atoms with E-state index >= 15 is 0 Å². The Kier molecular flexibility index (Phi) is 3.35. The summed E-state index contributed by atoms with van der Waals surface area (Å²) in [6.45, 7) is 1.14. The molecule has 0 spiro atoms. The number of hydrogen-bond donors (Lipinski definition) is 1. The van der Waals surface area contributed by atoms with Crippen LogP contribution in [0.15, 0.2) is 35.2 Å². The number of sulfone groups is 1. The maximum absolute atomic E-state index is 12.1. The van der Waals surface area contributed by atoms with Crippen LogP contribution >= 0.6 is 0 Å². The smallest absolute Gasteiger partial charge is 0.265 e. The summed E-state index contributed by atoms with van der Waals surface area (Å²) < 4.78 is 29.0. The number of carbonyl (C=O) groups is 1. The molecule has 0 aliphatic rings. The summed E-state index contributed by atoms with van der Waals surface area (Å²) in [4.78, 5) is 9.14. The molecule has 0 saturated carbocycles. The number of rotatable bonds is 4. The van der Waals surface area contributed by atoms with E-state index in [1.807, 2.05) is 0 Å². The van der Waals surface area contributed by atoms with E-state index in [2.05, 4.69) is 0 Å². The zero-order chi connectivity index (χ0) is 12.4. The van der Waals surface area contributed by atoms with E-state index in [9.17, 15) is 13.2 Å². The first kappa shape index (κ1) is 12.7. The van der Waals surface area contributed by atoms with Crippen LogP contribution in [0.4, 0.5) is 0 Å². The summed E-state index contributed by atoms with van der Waals surface area (Å²) in [5.74, 6) is -1.04. The Bertz CT molecular complexity index is 483. The van der Waals surface area contributed by atoms with Crippen molar-refractivity contribution in [1.29, 1.82) is 0 Å². The van der Waals surface area contributed by atoms with Crippen molar-refractivity contribution in [2.75, 3.05) is 7.11 Å². The Morgan fingerprint density at radius 1 is 1.31 bits per heavy atom.